The van der Waals surface area contributed by atoms with Gasteiger partial charge in [0.15, 0.2) is 0 Å². The minimum atomic E-state index is -4.12. The molecule has 0 aromatic heterocycles. The van der Waals surface area contributed by atoms with Gasteiger partial charge in [-0.25, -0.2) is 0 Å². The van der Waals surface area contributed by atoms with E-state index in [9.17, 15) is 18.0 Å². The van der Waals surface area contributed by atoms with Crippen LogP contribution in [0.25, 0.3) is 0 Å². The number of esters is 1. The van der Waals surface area contributed by atoms with E-state index in [1.165, 1.54) is 11.8 Å². The Kier molecular flexibility index (Phi) is 9.34. The van der Waals surface area contributed by atoms with E-state index in [1.54, 1.807) is 0 Å². The zero-order chi connectivity index (χ0) is 15.8. The van der Waals surface area contributed by atoms with Crippen molar-refractivity contribution in [3.05, 3.63) is 0 Å². The van der Waals surface area contributed by atoms with Gasteiger partial charge in [0.2, 0.25) is 0 Å². The topological polar surface area (TPSA) is 26.3 Å². The number of alkyl halides is 3. The van der Waals surface area contributed by atoms with Crippen LogP contribution in [-0.4, -0.2) is 29.8 Å². The lowest BCUT2D eigenvalue weighted by atomic mass is 10.1. The second-order valence-electron chi connectivity index (χ2n) is 5.73. The zero-order valence-corrected chi connectivity index (χ0v) is 13.4. The minimum absolute atomic E-state index is 0.0419. The van der Waals surface area contributed by atoms with E-state index < -0.39 is 12.6 Å². The van der Waals surface area contributed by atoms with Crippen molar-refractivity contribution in [3.8, 4) is 0 Å². The Morgan fingerprint density at radius 3 is 2.20 bits per heavy atom. The van der Waals surface area contributed by atoms with Crippen LogP contribution in [0.2, 0.25) is 0 Å². The van der Waals surface area contributed by atoms with Crippen LogP contribution in [0.5, 0.6) is 0 Å². The highest BCUT2D eigenvalue weighted by Crippen LogP contribution is 2.26. The number of hydrogen-bond donors (Lipinski definition) is 0. The molecule has 0 aliphatic heterocycles. The van der Waals surface area contributed by atoms with E-state index >= 15 is 0 Å². The van der Waals surface area contributed by atoms with Gasteiger partial charge in [-0.2, -0.15) is 13.2 Å². The number of hydrogen-bond acceptors (Lipinski definition) is 3. The predicted molar refractivity (Wildman–Crippen MR) is 76.8 cm³/mol. The van der Waals surface area contributed by atoms with Crippen LogP contribution < -0.4 is 0 Å². The van der Waals surface area contributed by atoms with Crippen molar-refractivity contribution >= 4 is 17.7 Å². The van der Waals surface area contributed by atoms with Crippen LogP contribution in [0.3, 0.4) is 0 Å². The Labute approximate surface area is 123 Å². The summed E-state index contributed by atoms with van der Waals surface area (Å²) < 4.78 is 41.4. The number of carbonyl (C=O) groups excluding carboxylic acids is 1. The first-order chi connectivity index (χ1) is 9.11. The molecular weight excluding hydrogens is 289 g/mol. The van der Waals surface area contributed by atoms with Crippen molar-refractivity contribution in [3.63, 3.8) is 0 Å². The minimum Gasteiger partial charge on any atom is -0.465 e. The van der Waals surface area contributed by atoms with Gasteiger partial charge in [-0.3, -0.25) is 4.79 Å². The van der Waals surface area contributed by atoms with Gasteiger partial charge in [-0.05, 0) is 30.4 Å². The molecule has 0 aliphatic carbocycles. The molecule has 0 aromatic carbocycles. The third-order valence-electron chi connectivity index (χ3n) is 2.43. The van der Waals surface area contributed by atoms with E-state index in [1.807, 2.05) is 27.7 Å². The second-order valence-corrected chi connectivity index (χ2v) is 7.04. The van der Waals surface area contributed by atoms with E-state index in [0.717, 1.165) is 0 Å². The maximum absolute atomic E-state index is 12.1. The van der Waals surface area contributed by atoms with Crippen LogP contribution in [-0.2, 0) is 9.53 Å². The molecule has 120 valence electrons. The molecule has 6 heteroatoms. The summed E-state index contributed by atoms with van der Waals surface area (Å²) in [6.07, 6.45) is -4.24. The van der Waals surface area contributed by atoms with Gasteiger partial charge in [0.25, 0.3) is 0 Å². The molecule has 0 amide bonds. The van der Waals surface area contributed by atoms with Gasteiger partial charge < -0.3 is 4.74 Å². The summed E-state index contributed by atoms with van der Waals surface area (Å²) in [6.45, 7) is 8.22. The van der Waals surface area contributed by atoms with Crippen LogP contribution in [0, 0.1) is 11.8 Å². The molecule has 0 N–H and O–H groups in total. The van der Waals surface area contributed by atoms with E-state index in [-0.39, 0.29) is 23.6 Å². The largest absolute Gasteiger partial charge is 0.465 e. The molecule has 0 bridgehead atoms. The molecular formula is C14H25F3O2S. The lowest BCUT2D eigenvalue weighted by Gasteiger charge is -2.18. The van der Waals surface area contributed by atoms with Crippen LogP contribution >= 0.6 is 11.8 Å². The van der Waals surface area contributed by atoms with Crippen LogP contribution in [0.4, 0.5) is 13.2 Å². The first-order valence-corrected chi connectivity index (χ1v) is 8.01. The quantitative estimate of drug-likeness (QED) is 0.457. The monoisotopic (exact) mass is 314 g/mol. The van der Waals surface area contributed by atoms with Gasteiger partial charge >= 0.3 is 12.1 Å². The highest BCUT2D eigenvalue weighted by atomic mass is 32.2. The Balaban J connectivity index is 4.17. The third-order valence-corrected chi connectivity index (χ3v) is 3.74. The number of halogens is 3. The SMILES string of the molecule is CC(C)COC(=O)C(CC(C)C)SCCCC(F)(F)F. The zero-order valence-electron chi connectivity index (χ0n) is 12.6. The summed E-state index contributed by atoms with van der Waals surface area (Å²) in [5.41, 5.74) is 0. The van der Waals surface area contributed by atoms with Gasteiger partial charge in [-0.15, -0.1) is 11.8 Å². The fourth-order valence-corrected chi connectivity index (χ4v) is 2.82. The molecule has 0 spiro atoms. The fraction of sp³-hybridized carbons (Fsp3) is 0.929. The van der Waals surface area contributed by atoms with Crippen molar-refractivity contribution < 1.29 is 22.7 Å². The maximum atomic E-state index is 12.1. The molecule has 0 saturated heterocycles. The molecule has 0 saturated carbocycles. The third kappa shape index (κ3) is 11.4. The summed E-state index contributed by atoms with van der Waals surface area (Å²) in [6, 6.07) is 0. The van der Waals surface area contributed by atoms with Crippen molar-refractivity contribution in [1.29, 1.82) is 0 Å². The molecule has 0 heterocycles. The highest BCUT2D eigenvalue weighted by molar-refractivity contribution is 8.00. The number of ether oxygens (including phenoxy) is 1. The molecule has 0 radical (unpaired) electrons. The Hall–Kier alpha value is -0.390. The molecule has 0 aliphatic rings. The summed E-state index contributed by atoms with van der Waals surface area (Å²) in [7, 11) is 0. The Morgan fingerprint density at radius 1 is 1.15 bits per heavy atom. The van der Waals surface area contributed by atoms with Crippen molar-refractivity contribution in [2.24, 2.45) is 11.8 Å². The van der Waals surface area contributed by atoms with Crippen LogP contribution in [0.15, 0.2) is 0 Å². The average molecular weight is 314 g/mol. The van der Waals surface area contributed by atoms with E-state index in [4.69, 9.17) is 4.74 Å². The maximum Gasteiger partial charge on any atom is 0.389 e. The van der Waals surface area contributed by atoms with Crippen molar-refractivity contribution in [1.82, 2.24) is 0 Å². The van der Waals surface area contributed by atoms with Crippen molar-refractivity contribution in [2.75, 3.05) is 12.4 Å². The Bertz CT molecular complexity index is 278. The summed E-state index contributed by atoms with van der Waals surface area (Å²) >= 11 is 1.28. The first-order valence-electron chi connectivity index (χ1n) is 6.96. The first kappa shape index (κ1) is 19.6. The van der Waals surface area contributed by atoms with Gasteiger partial charge in [0.05, 0.1) is 6.61 Å². The van der Waals surface area contributed by atoms with E-state index in [2.05, 4.69) is 0 Å². The van der Waals surface area contributed by atoms with Crippen molar-refractivity contribution in [2.45, 2.75) is 58.4 Å². The molecule has 1 atom stereocenters. The fourth-order valence-electron chi connectivity index (χ4n) is 1.50. The second kappa shape index (κ2) is 9.53. The Morgan fingerprint density at radius 2 is 1.75 bits per heavy atom. The van der Waals surface area contributed by atoms with Gasteiger partial charge in [0, 0.05) is 6.42 Å². The van der Waals surface area contributed by atoms with Gasteiger partial charge in [0.1, 0.15) is 5.25 Å². The summed E-state index contributed by atoms with van der Waals surface area (Å²) in [5.74, 6) is 0.591. The highest BCUT2D eigenvalue weighted by Gasteiger charge is 2.27. The number of thioether (sulfide) groups is 1. The molecule has 0 aromatic rings. The molecule has 0 fully saturated rings. The number of rotatable bonds is 9. The lowest BCUT2D eigenvalue weighted by molar-refractivity contribution is -0.144. The van der Waals surface area contributed by atoms with Crippen LogP contribution in [0.1, 0.15) is 47.0 Å². The summed E-state index contributed by atoms with van der Waals surface area (Å²) in [5, 5.41) is -0.359. The molecule has 2 nitrogen and oxygen atoms in total. The smallest absolute Gasteiger partial charge is 0.389 e. The average Bonchev–Trinajstić information content (AvgIpc) is 2.28. The lowest BCUT2D eigenvalue weighted by Crippen LogP contribution is -2.24. The normalized spacial score (nSPS) is 13.8. The summed E-state index contributed by atoms with van der Waals surface area (Å²) in [4.78, 5) is 11.9. The standard InChI is InChI=1S/C14H25F3O2S/c1-10(2)8-12(13(18)19-9-11(3)4)20-7-5-6-14(15,16)17/h10-12H,5-9H2,1-4H3. The number of carbonyl (C=O) groups is 1. The molecule has 0 rings (SSSR count). The predicted octanol–water partition coefficient (Wildman–Crippen LogP) is 4.68. The molecule has 1 unspecified atom stereocenters. The molecule has 20 heavy (non-hydrogen) atoms. The van der Waals surface area contributed by atoms with Gasteiger partial charge in [-0.1, -0.05) is 27.7 Å². The van der Waals surface area contributed by atoms with E-state index in [0.29, 0.717) is 24.7 Å².